The van der Waals surface area contributed by atoms with E-state index >= 15 is 0 Å². The van der Waals surface area contributed by atoms with E-state index in [-0.39, 0.29) is 28.5 Å². The summed E-state index contributed by atoms with van der Waals surface area (Å²) in [5.41, 5.74) is 3.02. The van der Waals surface area contributed by atoms with Gasteiger partial charge in [0.25, 0.3) is 5.69 Å². The first kappa shape index (κ1) is 21.4. The van der Waals surface area contributed by atoms with Gasteiger partial charge < -0.3 is 15.1 Å². The second kappa shape index (κ2) is 8.75. The van der Waals surface area contributed by atoms with Gasteiger partial charge in [-0.2, -0.15) is 0 Å². The van der Waals surface area contributed by atoms with Crippen LogP contribution in [-0.4, -0.2) is 43.1 Å². The summed E-state index contributed by atoms with van der Waals surface area (Å²) in [7, 11) is 0. The average molecular weight is 443 g/mol. The number of nitrogens with zero attached hydrogens (tertiary/aromatic N) is 3. The van der Waals surface area contributed by atoms with Gasteiger partial charge in [-0.25, -0.2) is 0 Å². The van der Waals surface area contributed by atoms with Gasteiger partial charge >= 0.3 is 0 Å². The number of hydrogen-bond donors (Lipinski definition) is 1. The number of nitro groups is 1. The Balaban J connectivity index is 1.65. The highest BCUT2D eigenvalue weighted by molar-refractivity contribution is 6.30. The molecule has 0 aromatic heterocycles. The van der Waals surface area contributed by atoms with Gasteiger partial charge in [-0.1, -0.05) is 25.4 Å². The van der Waals surface area contributed by atoms with Gasteiger partial charge in [0.2, 0.25) is 5.91 Å². The molecule has 4 rings (SSSR count). The van der Waals surface area contributed by atoms with Crippen LogP contribution < -0.4 is 15.1 Å². The molecule has 1 N–H and O–H groups in total. The molecule has 7 nitrogen and oxygen atoms in total. The Bertz CT molecular complexity index is 979. The van der Waals surface area contributed by atoms with E-state index in [1.165, 1.54) is 0 Å². The molecule has 164 valence electrons. The Hall–Kier alpha value is -2.80. The number of non-ortho nitro benzene ring substituents is 1. The molecular weight excluding hydrogens is 416 g/mol. The molecule has 1 saturated heterocycles. The van der Waals surface area contributed by atoms with Gasteiger partial charge in [-0.3, -0.25) is 14.9 Å². The zero-order valence-electron chi connectivity index (χ0n) is 17.8. The fourth-order valence-electron chi connectivity index (χ4n) is 4.55. The molecule has 1 amide bonds. The molecule has 2 aromatic carbocycles. The maximum atomic E-state index is 13.2. The van der Waals surface area contributed by atoms with E-state index in [9.17, 15) is 14.9 Å². The van der Waals surface area contributed by atoms with Crippen LogP contribution in [0.15, 0.2) is 42.5 Å². The van der Waals surface area contributed by atoms with Crippen LogP contribution >= 0.6 is 11.6 Å². The normalized spacial score (nSPS) is 20.3. The standard InChI is InChI=1S/C23H27ClN4O3/c1-15(2)13-25-23(29)20-12-16-11-19(28(30)31)7-8-21(16)27-10-9-26(14-22(20)27)18-5-3-17(24)4-6-18/h3-8,11,15,20,22H,9-10,12-14H2,1-2H3,(H,25,29)/t20-,22+/m0/s1. The van der Waals surface area contributed by atoms with Crippen molar-refractivity contribution in [2.45, 2.75) is 26.3 Å². The molecular formula is C23H27ClN4O3. The Morgan fingerprint density at radius 2 is 1.97 bits per heavy atom. The number of carbonyl (C=O) groups excluding carboxylic acids is 1. The first-order chi connectivity index (χ1) is 14.8. The number of fused-ring (bicyclic) bond motifs is 3. The van der Waals surface area contributed by atoms with Crippen molar-refractivity contribution < 1.29 is 9.72 Å². The fraction of sp³-hybridized carbons (Fsp3) is 0.435. The van der Waals surface area contributed by atoms with Crippen LogP contribution in [0, 0.1) is 22.0 Å². The number of rotatable bonds is 5. The first-order valence-corrected chi connectivity index (χ1v) is 11.0. The van der Waals surface area contributed by atoms with Gasteiger partial charge in [-0.15, -0.1) is 0 Å². The summed E-state index contributed by atoms with van der Waals surface area (Å²) in [5, 5.41) is 15.1. The highest BCUT2D eigenvalue weighted by Gasteiger charge is 2.42. The number of benzene rings is 2. The number of anilines is 2. The minimum absolute atomic E-state index is 0.00875. The number of nitro benzene ring substituents is 1. The number of amides is 1. The van der Waals surface area contributed by atoms with Gasteiger partial charge in [0.15, 0.2) is 0 Å². The first-order valence-electron chi connectivity index (χ1n) is 10.7. The van der Waals surface area contributed by atoms with Crippen molar-refractivity contribution in [2.24, 2.45) is 11.8 Å². The van der Waals surface area contributed by atoms with E-state index in [2.05, 4.69) is 29.0 Å². The van der Waals surface area contributed by atoms with Gasteiger partial charge in [0.1, 0.15) is 0 Å². The third-order valence-electron chi connectivity index (χ3n) is 6.12. The Morgan fingerprint density at radius 1 is 1.23 bits per heavy atom. The lowest BCUT2D eigenvalue weighted by Crippen LogP contribution is -2.61. The summed E-state index contributed by atoms with van der Waals surface area (Å²) in [6.45, 7) is 6.99. The molecule has 0 unspecified atom stereocenters. The average Bonchev–Trinajstić information content (AvgIpc) is 2.76. The van der Waals surface area contributed by atoms with E-state index in [1.54, 1.807) is 12.1 Å². The summed E-state index contributed by atoms with van der Waals surface area (Å²) in [6, 6.07) is 12.8. The van der Waals surface area contributed by atoms with E-state index in [4.69, 9.17) is 11.6 Å². The SMILES string of the molecule is CC(C)CNC(=O)[C@H]1Cc2cc([N+](=O)[O-])ccc2N2CCN(c3ccc(Cl)cc3)C[C@H]12. The zero-order chi connectivity index (χ0) is 22.1. The highest BCUT2D eigenvalue weighted by atomic mass is 35.5. The maximum Gasteiger partial charge on any atom is 0.269 e. The van der Waals surface area contributed by atoms with Crippen LogP contribution in [0.4, 0.5) is 17.1 Å². The monoisotopic (exact) mass is 442 g/mol. The minimum Gasteiger partial charge on any atom is -0.368 e. The quantitative estimate of drug-likeness (QED) is 0.561. The summed E-state index contributed by atoms with van der Waals surface area (Å²) >= 11 is 6.05. The number of carbonyl (C=O) groups is 1. The highest BCUT2D eigenvalue weighted by Crippen LogP contribution is 2.38. The Labute approximate surface area is 187 Å². The lowest BCUT2D eigenvalue weighted by Gasteiger charge is -2.49. The van der Waals surface area contributed by atoms with Crippen LogP contribution in [0.5, 0.6) is 0 Å². The zero-order valence-corrected chi connectivity index (χ0v) is 18.5. The molecule has 2 aliphatic rings. The molecule has 8 heteroatoms. The Morgan fingerprint density at radius 3 is 2.65 bits per heavy atom. The van der Waals surface area contributed by atoms with Crippen LogP contribution in [0.3, 0.4) is 0 Å². The van der Waals surface area contributed by atoms with Crippen molar-refractivity contribution in [3.8, 4) is 0 Å². The molecule has 0 aliphatic carbocycles. The lowest BCUT2D eigenvalue weighted by molar-refractivity contribution is -0.384. The molecule has 1 fully saturated rings. The topological polar surface area (TPSA) is 78.7 Å². The molecule has 0 bridgehead atoms. The minimum atomic E-state index is -0.376. The third-order valence-corrected chi connectivity index (χ3v) is 6.37. The number of nitrogens with one attached hydrogen (secondary N) is 1. The summed E-state index contributed by atoms with van der Waals surface area (Å²) in [5.74, 6) is 0.0936. The molecule has 31 heavy (non-hydrogen) atoms. The molecule has 0 spiro atoms. The molecule has 0 radical (unpaired) electrons. The van der Waals surface area contributed by atoms with Crippen molar-refractivity contribution in [2.75, 3.05) is 36.0 Å². The van der Waals surface area contributed by atoms with Crippen molar-refractivity contribution in [3.05, 3.63) is 63.2 Å². The third kappa shape index (κ3) is 4.46. The smallest absolute Gasteiger partial charge is 0.269 e. The predicted molar refractivity (Wildman–Crippen MR) is 123 cm³/mol. The van der Waals surface area contributed by atoms with E-state index in [0.29, 0.717) is 30.5 Å². The number of piperazine rings is 1. The number of halogens is 1. The fourth-order valence-corrected chi connectivity index (χ4v) is 4.67. The molecule has 2 aromatic rings. The summed E-state index contributed by atoms with van der Waals surface area (Å²) in [4.78, 5) is 28.6. The van der Waals surface area contributed by atoms with Crippen molar-refractivity contribution in [1.29, 1.82) is 0 Å². The summed E-state index contributed by atoms with van der Waals surface area (Å²) in [6.07, 6.45) is 0.497. The van der Waals surface area contributed by atoms with Crippen molar-refractivity contribution in [3.63, 3.8) is 0 Å². The van der Waals surface area contributed by atoms with Crippen LogP contribution in [0.1, 0.15) is 19.4 Å². The van der Waals surface area contributed by atoms with Gasteiger partial charge in [-0.05, 0) is 48.2 Å². The Kier molecular flexibility index (Phi) is 6.05. The molecule has 2 aliphatic heterocycles. The second-order valence-electron chi connectivity index (χ2n) is 8.70. The van der Waals surface area contributed by atoms with E-state index in [1.807, 2.05) is 30.3 Å². The van der Waals surface area contributed by atoms with Crippen LogP contribution in [0.2, 0.25) is 5.02 Å². The van der Waals surface area contributed by atoms with E-state index in [0.717, 1.165) is 30.0 Å². The van der Waals surface area contributed by atoms with Gasteiger partial charge in [0, 0.05) is 54.7 Å². The molecule has 0 saturated carbocycles. The molecule has 2 atom stereocenters. The predicted octanol–water partition coefficient (Wildman–Crippen LogP) is 3.89. The second-order valence-corrected chi connectivity index (χ2v) is 9.14. The summed E-state index contributed by atoms with van der Waals surface area (Å²) < 4.78 is 0. The maximum absolute atomic E-state index is 13.2. The largest absolute Gasteiger partial charge is 0.368 e. The lowest BCUT2D eigenvalue weighted by atomic mass is 9.83. The van der Waals surface area contributed by atoms with Crippen LogP contribution in [0.25, 0.3) is 0 Å². The van der Waals surface area contributed by atoms with E-state index < -0.39 is 0 Å². The van der Waals surface area contributed by atoms with Crippen molar-refractivity contribution in [1.82, 2.24) is 5.32 Å². The molecule has 2 heterocycles. The van der Waals surface area contributed by atoms with Crippen molar-refractivity contribution >= 4 is 34.6 Å². The van der Waals surface area contributed by atoms with Gasteiger partial charge in [0.05, 0.1) is 16.9 Å². The number of hydrogen-bond acceptors (Lipinski definition) is 5. The van der Waals surface area contributed by atoms with Crippen LogP contribution in [-0.2, 0) is 11.2 Å².